The highest BCUT2D eigenvalue weighted by Gasteiger charge is 2.36. The molecule has 2 aromatic carbocycles. The summed E-state index contributed by atoms with van der Waals surface area (Å²) < 4.78 is 48.9. The van der Waals surface area contributed by atoms with E-state index in [2.05, 4.69) is 21.0 Å². The van der Waals surface area contributed by atoms with Crippen molar-refractivity contribution in [3.05, 3.63) is 97.1 Å². The van der Waals surface area contributed by atoms with E-state index < -0.39 is 36.4 Å². The molecule has 0 radical (unpaired) electrons. The molecule has 5 rings (SSSR count). The minimum absolute atomic E-state index is 0.0882. The van der Waals surface area contributed by atoms with Gasteiger partial charge < -0.3 is 19.8 Å². The van der Waals surface area contributed by atoms with E-state index in [9.17, 15) is 27.9 Å². The predicted molar refractivity (Wildman–Crippen MR) is 157 cm³/mol. The van der Waals surface area contributed by atoms with E-state index in [1.807, 2.05) is 13.0 Å². The molecule has 0 unspecified atom stereocenters. The molecular formula is C30H29BrF3N5O5. The molecule has 1 amide bonds. The van der Waals surface area contributed by atoms with Gasteiger partial charge in [0.15, 0.2) is 0 Å². The number of nitrogens with zero attached hydrogens (tertiary/aromatic N) is 5. The monoisotopic (exact) mass is 675 g/mol. The van der Waals surface area contributed by atoms with Gasteiger partial charge in [0.2, 0.25) is 5.95 Å². The topological polar surface area (TPSA) is 123 Å². The first-order valence-electron chi connectivity index (χ1n) is 13.7. The van der Waals surface area contributed by atoms with Crippen LogP contribution in [0.5, 0.6) is 5.75 Å². The second-order valence-corrected chi connectivity index (χ2v) is 11.5. The molecule has 1 aliphatic heterocycles. The zero-order chi connectivity index (χ0) is 31.9. The number of fused-ring (bicyclic) bond motifs is 1. The van der Waals surface area contributed by atoms with Crippen LogP contribution in [0.25, 0.3) is 11.6 Å². The Bertz CT molecular complexity index is 1770. The molecule has 0 aliphatic carbocycles. The van der Waals surface area contributed by atoms with Crippen LogP contribution in [0.1, 0.15) is 45.5 Å². The van der Waals surface area contributed by atoms with Crippen LogP contribution >= 0.6 is 15.9 Å². The molecule has 2 atom stereocenters. The summed E-state index contributed by atoms with van der Waals surface area (Å²) in [6, 6.07) is 11.2. The van der Waals surface area contributed by atoms with Crippen LogP contribution in [0.3, 0.4) is 0 Å². The summed E-state index contributed by atoms with van der Waals surface area (Å²) in [6.07, 6.45) is -5.56. The number of alkyl halides is 3. The van der Waals surface area contributed by atoms with Crippen LogP contribution in [0.2, 0.25) is 0 Å². The van der Waals surface area contributed by atoms with Crippen molar-refractivity contribution in [3.63, 3.8) is 0 Å². The second-order valence-electron chi connectivity index (χ2n) is 10.6. The maximum atomic E-state index is 14.1. The lowest BCUT2D eigenvalue weighted by atomic mass is 9.98. The second kappa shape index (κ2) is 12.2. The van der Waals surface area contributed by atoms with E-state index >= 15 is 0 Å². The molecule has 4 aromatic rings. The van der Waals surface area contributed by atoms with Gasteiger partial charge in [-0.15, -0.1) is 0 Å². The Morgan fingerprint density at radius 1 is 1.16 bits per heavy atom. The van der Waals surface area contributed by atoms with Gasteiger partial charge in [-0.3, -0.25) is 9.59 Å². The highest BCUT2D eigenvalue weighted by Crippen LogP contribution is 2.36. The van der Waals surface area contributed by atoms with Crippen LogP contribution in [-0.4, -0.2) is 65.7 Å². The third kappa shape index (κ3) is 6.14. The Hall–Kier alpha value is -4.01. The van der Waals surface area contributed by atoms with E-state index in [1.165, 1.54) is 26.3 Å². The van der Waals surface area contributed by atoms with Crippen LogP contribution in [0.4, 0.5) is 13.2 Å². The number of carbonyl (C=O) groups excluding carboxylic acids is 1. The third-order valence-corrected chi connectivity index (χ3v) is 8.01. The van der Waals surface area contributed by atoms with Gasteiger partial charge in [0, 0.05) is 27.3 Å². The Morgan fingerprint density at radius 2 is 1.86 bits per heavy atom. The van der Waals surface area contributed by atoms with Gasteiger partial charge in [0.1, 0.15) is 18.5 Å². The van der Waals surface area contributed by atoms with Crippen molar-refractivity contribution < 1.29 is 32.9 Å². The van der Waals surface area contributed by atoms with Gasteiger partial charge in [-0.05, 0) is 75.7 Å². The summed E-state index contributed by atoms with van der Waals surface area (Å²) in [5.74, 6) is -0.0207. The first-order valence-corrected chi connectivity index (χ1v) is 14.5. The van der Waals surface area contributed by atoms with Crippen molar-refractivity contribution in [2.45, 2.75) is 52.1 Å². The van der Waals surface area contributed by atoms with E-state index in [-0.39, 0.29) is 41.1 Å². The summed E-state index contributed by atoms with van der Waals surface area (Å²) in [7, 11) is 0. The summed E-state index contributed by atoms with van der Waals surface area (Å²) in [6.45, 7) is 4.69. The number of amides is 1. The van der Waals surface area contributed by atoms with Crippen molar-refractivity contribution in [2.75, 3.05) is 13.2 Å². The molecule has 2 aromatic heterocycles. The number of aliphatic hydroxyl groups is 2. The predicted octanol–water partition coefficient (Wildman–Crippen LogP) is 4.14. The van der Waals surface area contributed by atoms with E-state index in [0.717, 1.165) is 6.07 Å². The lowest BCUT2D eigenvalue weighted by molar-refractivity contribution is -0.138. The number of rotatable bonds is 7. The molecule has 0 saturated carbocycles. The van der Waals surface area contributed by atoms with Gasteiger partial charge in [-0.1, -0.05) is 15.9 Å². The molecule has 0 bridgehead atoms. The van der Waals surface area contributed by atoms with Crippen molar-refractivity contribution in [1.82, 2.24) is 24.2 Å². The van der Waals surface area contributed by atoms with E-state index in [1.54, 1.807) is 38.1 Å². The Kier molecular flexibility index (Phi) is 8.69. The largest absolute Gasteiger partial charge is 0.491 e. The van der Waals surface area contributed by atoms with Gasteiger partial charge in [-0.2, -0.15) is 18.3 Å². The fourth-order valence-electron chi connectivity index (χ4n) is 5.10. The number of aromatic nitrogens is 4. The van der Waals surface area contributed by atoms with Crippen LogP contribution in [0.15, 0.2) is 57.8 Å². The summed E-state index contributed by atoms with van der Waals surface area (Å²) in [5, 5.41) is 23.1. The number of halogens is 4. The fourth-order valence-corrected chi connectivity index (χ4v) is 5.57. The molecule has 2 N–H and O–H groups in total. The smallest absolute Gasteiger partial charge is 0.417 e. The number of carbonyl (C=O) groups is 1. The number of ether oxygens (including phenoxy) is 1. The zero-order valence-corrected chi connectivity index (χ0v) is 25.6. The van der Waals surface area contributed by atoms with Crippen molar-refractivity contribution in [1.29, 1.82) is 0 Å². The Balaban J connectivity index is 1.56. The van der Waals surface area contributed by atoms with Crippen molar-refractivity contribution >= 4 is 21.8 Å². The number of aryl methyl sites for hydroxylation is 2. The molecule has 0 fully saturated rings. The standard InChI is InChI=1S/C30H29BrF3N5O5/c1-16-10-18(3)39(36-16)29-35-26-13-37(27(42)19-4-9-25(31)24(12-19)30(32,33)34)17(2)11-23(26)28(43)38(29)20-5-7-22(8-6-20)44-15-21(41)14-40/h4-10,12,17,21,40-41H,11,13-15H2,1-3H3/t17-,21+/m1/s1. The number of hydrogen-bond acceptors (Lipinski definition) is 7. The quantitative estimate of drug-likeness (QED) is 0.302. The van der Waals surface area contributed by atoms with Gasteiger partial charge in [-0.25, -0.2) is 14.2 Å². The molecule has 10 nitrogen and oxygen atoms in total. The molecule has 44 heavy (non-hydrogen) atoms. The molecule has 14 heteroatoms. The summed E-state index contributed by atoms with van der Waals surface area (Å²) >= 11 is 2.91. The maximum Gasteiger partial charge on any atom is 0.417 e. The van der Waals surface area contributed by atoms with Gasteiger partial charge >= 0.3 is 6.18 Å². The normalized spacial score (nSPS) is 15.7. The molecule has 0 saturated heterocycles. The molecule has 3 heterocycles. The van der Waals surface area contributed by atoms with E-state index in [4.69, 9.17) is 14.8 Å². The number of hydrogen-bond donors (Lipinski definition) is 2. The summed E-state index contributed by atoms with van der Waals surface area (Å²) in [4.78, 5) is 33.8. The minimum atomic E-state index is -4.65. The lowest BCUT2D eigenvalue weighted by Gasteiger charge is -2.34. The fraction of sp³-hybridized carbons (Fsp3) is 0.333. The molecule has 0 spiro atoms. The van der Waals surface area contributed by atoms with Crippen LogP contribution in [0, 0.1) is 13.8 Å². The Morgan fingerprint density at radius 3 is 2.48 bits per heavy atom. The number of aliphatic hydroxyl groups excluding tert-OH is 2. The average Bonchev–Trinajstić information content (AvgIpc) is 3.32. The highest BCUT2D eigenvalue weighted by atomic mass is 79.9. The maximum absolute atomic E-state index is 14.1. The first-order chi connectivity index (χ1) is 20.8. The van der Waals surface area contributed by atoms with E-state index in [0.29, 0.717) is 34.1 Å². The van der Waals surface area contributed by atoms with Gasteiger partial charge in [0.25, 0.3) is 11.5 Å². The SMILES string of the molecule is Cc1cc(C)n(-c2nc3c(c(=O)n2-c2ccc(OC[C@@H](O)CO)cc2)C[C@@H](C)N(C(=O)c2ccc(Br)c(C(F)(F)F)c2)C3)n1. The van der Waals surface area contributed by atoms with Crippen LogP contribution in [-0.2, 0) is 19.1 Å². The number of benzene rings is 2. The summed E-state index contributed by atoms with van der Waals surface area (Å²) in [5.41, 5.74) is 1.10. The first kappa shape index (κ1) is 31.4. The average molecular weight is 676 g/mol. The zero-order valence-electron chi connectivity index (χ0n) is 24.0. The molecular weight excluding hydrogens is 647 g/mol. The Labute approximate surface area is 258 Å². The van der Waals surface area contributed by atoms with Crippen molar-refractivity contribution in [3.8, 4) is 17.4 Å². The van der Waals surface area contributed by atoms with Gasteiger partial charge in [0.05, 0.1) is 35.8 Å². The lowest BCUT2D eigenvalue weighted by Crippen LogP contribution is -2.46. The minimum Gasteiger partial charge on any atom is -0.491 e. The van der Waals surface area contributed by atoms with Crippen LogP contribution < -0.4 is 10.3 Å². The molecule has 1 aliphatic rings. The third-order valence-electron chi connectivity index (χ3n) is 7.32. The molecule has 232 valence electrons. The highest BCUT2D eigenvalue weighted by molar-refractivity contribution is 9.10. The van der Waals surface area contributed by atoms with Crippen molar-refractivity contribution in [2.24, 2.45) is 0 Å².